The van der Waals surface area contributed by atoms with Gasteiger partial charge in [-0.15, -0.1) is 0 Å². The Morgan fingerprint density at radius 2 is 2.19 bits per heavy atom. The molecule has 0 bridgehead atoms. The Bertz CT molecular complexity index is 896. The minimum atomic E-state index is -0.0706. The van der Waals surface area contributed by atoms with Crippen molar-refractivity contribution in [3.05, 3.63) is 23.3 Å². The molecule has 3 atom stereocenters. The fraction of sp³-hybridized carbons (Fsp3) is 0.526. The Morgan fingerprint density at radius 3 is 2.96 bits per heavy atom. The van der Waals surface area contributed by atoms with Gasteiger partial charge in [0, 0.05) is 25.1 Å². The van der Waals surface area contributed by atoms with Gasteiger partial charge in [0.05, 0.1) is 29.0 Å². The number of benzene rings is 1. The average Bonchev–Trinajstić information content (AvgIpc) is 3.06. The summed E-state index contributed by atoms with van der Waals surface area (Å²) in [7, 11) is 1.66. The van der Waals surface area contributed by atoms with Gasteiger partial charge in [-0.1, -0.05) is 11.3 Å². The second kappa shape index (κ2) is 7.09. The monoisotopic (exact) mass is 388 g/mol. The first-order valence-corrected chi connectivity index (χ1v) is 10.1. The van der Waals surface area contributed by atoms with Gasteiger partial charge in [0.2, 0.25) is 5.91 Å². The number of aromatic nitrogens is 1. The molecule has 144 valence electrons. The van der Waals surface area contributed by atoms with Gasteiger partial charge in [-0.25, -0.2) is 4.98 Å². The first-order chi connectivity index (χ1) is 13.0. The first-order valence-electron chi connectivity index (χ1n) is 9.28. The zero-order valence-corrected chi connectivity index (χ0v) is 16.3. The lowest BCUT2D eigenvalue weighted by atomic mass is 9.81. The number of carbonyl (C=O) groups is 2. The fourth-order valence-electron chi connectivity index (χ4n) is 4.31. The van der Waals surface area contributed by atoms with Gasteiger partial charge in [-0.2, -0.15) is 0 Å². The highest BCUT2D eigenvalue weighted by Gasteiger charge is 2.41. The number of anilines is 1. The maximum Gasteiger partial charge on any atom is 0.254 e. The van der Waals surface area contributed by atoms with Crippen LogP contribution in [-0.2, 0) is 9.53 Å². The third-order valence-electron chi connectivity index (χ3n) is 5.65. The summed E-state index contributed by atoms with van der Waals surface area (Å²) in [6.45, 7) is 3.03. The van der Waals surface area contributed by atoms with Gasteiger partial charge in [-0.3, -0.25) is 9.59 Å². The van der Waals surface area contributed by atoms with Gasteiger partial charge in [-0.05, 0) is 43.9 Å². The summed E-state index contributed by atoms with van der Waals surface area (Å²) in [5.41, 5.74) is 8.27. The molecule has 1 saturated heterocycles. The lowest BCUT2D eigenvalue weighted by Crippen LogP contribution is -2.57. The topological polar surface area (TPSA) is 97.5 Å². The first kappa shape index (κ1) is 18.2. The van der Waals surface area contributed by atoms with E-state index in [4.69, 9.17) is 10.5 Å². The highest BCUT2D eigenvalue weighted by atomic mass is 32.1. The Kier molecular flexibility index (Phi) is 4.77. The molecule has 8 heteroatoms. The number of fused-ring (bicyclic) bond motifs is 2. The number of nitrogens with zero attached hydrogens (tertiary/aromatic N) is 2. The maximum absolute atomic E-state index is 13.3. The molecule has 4 rings (SSSR count). The predicted molar refractivity (Wildman–Crippen MR) is 105 cm³/mol. The summed E-state index contributed by atoms with van der Waals surface area (Å²) in [5, 5.41) is 3.24. The zero-order valence-electron chi connectivity index (χ0n) is 15.5. The molecule has 0 radical (unpaired) electrons. The molecule has 1 aliphatic heterocycles. The second-order valence-corrected chi connectivity index (χ2v) is 8.35. The van der Waals surface area contributed by atoms with E-state index in [2.05, 4.69) is 10.3 Å². The number of nitrogen functional groups attached to an aromatic ring is 1. The third kappa shape index (κ3) is 3.27. The summed E-state index contributed by atoms with van der Waals surface area (Å²) < 4.78 is 6.83. The van der Waals surface area contributed by atoms with Crippen LogP contribution in [-0.4, -0.2) is 54.0 Å². The molecule has 3 N–H and O–H groups in total. The minimum Gasteiger partial charge on any atom is -0.375 e. The molecule has 1 aromatic carbocycles. The normalized spacial score (nSPS) is 25.3. The zero-order chi connectivity index (χ0) is 19.1. The van der Waals surface area contributed by atoms with Gasteiger partial charge >= 0.3 is 0 Å². The highest BCUT2D eigenvalue weighted by molar-refractivity contribution is 7.22. The Hall–Kier alpha value is -2.19. The molecule has 2 aliphatic rings. The molecule has 7 nitrogen and oxygen atoms in total. The van der Waals surface area contributed by atoms with Crippen LogP contribution in [0.5, 0.6) is 0 Å². The minimum absolute atomic E-state index is 0.00693. The fourth-order valence-corrected chi connectivity index (χ4v) is 5.16. The number of nitrogens with one attached hydrogen (secondary N) is 1. The molecule has 1 saturated carbocycles. The average molecular weight is 388 g/mol. The second-order valence-electron chi connectivity index (χ2n) is 7.29. The molecule has 2 fully saturated rings. The van der Waals surface area contributed by atoms with Crippen molar-refractivity contribution in [2.45, 2.75) is 38.3 Å². The van der Waals surface area contributed by atoms with Crippen LogP contribution in [0.4, 0.5) is 5.13 Å². The van der Waals surface area contributed by atoms with Crippen molar-refractivity contribution < 1.29 is 14.3 Å². The lowest BCUT2D eigenvalue weighted by molar-refractivity contribution is -0.131. The summed E-state index contributed by atoms with van der Waals surface area (Å²) in [5.74, 6) is -0.0367. The van der Waals surface area contributed by atoms with E-state index < -0.39 is 0 Å². The predicted octanol–water partition coefficient (Wildman–Crippen LogP) is 1.94. The molecular weight excluding hydrogens is 364 g/mol. The molecule has 2 amide bonds. The highest BCUT2D eigenvalue weighted by Crippen LogP contribution is 2.34. The number of amides is 2. The SMILES string of the molecule is CNC(=O)[C@H]1CC[C@H]2OCCN(C(=O)c3cc(C)c4nc(N)sc4c3)[C@@H]2C1. The number of aryl methyl sites for hydroxylation is 1. The van der Waals surface area contributed by atoms with Gasteiger partial charge in [0.25, 0.3) is 5.91 Å². The molecule has 0 spiro atoms. The van der Waals surface area contributed by atoms with Crippen LogP contribution in [0.25, 0.3) is 10.2 Å². The molecule has 0 unspecified atom stereocenters. The van der Waals surface area contributed by atoms with Crippen LogP contribution >= 0.6 is 11.3 Å². The standard InChI is InChI=1S/C19H24N4O3S/c1-10-7-12(9-15-16(10)22-19(20)27-15)18(25)23-5-6-26-14-4-3-11(8-13(14)23)17(24)21-2/h7,9,11,13-14H,3-6,8H2,1-2H3,(H2,20,22)(H,21,24)/t11-,13+,14+/m0/s1. The van der Waals surface area contributed by atoms with Crippen LogP contribution in [0.2, 0.25) is 0 Å². The number of thiazole rings is 1. The van der Waals surface area contributed by atoms with Gasteiger partial charge in [0.1, 0.15) is 0 Å². The van der Waals surface area contributed by atoms with Crippen LogP contribution < -0.4 is 11.1 Å². The van der Waals surface area contributed by atoms with Crippen molar-refractivity contribution in [3.8, 4) is 0 Å². The molecular formula is C19H24N4O3S. The van der Waals surface area contributed by atoms with Crippen LogP contribution in [0.1, 0.15) is 35.2 Å². The van der Waals surface area contributed by atoms with Crippen molar-refractivity contribution >= 4 is 38.5 Å². The van der Waals surface area contributed by atoms with Crippen molar-refractivity contribution in [1.29, 1.82) is 0 Å². The molecule has 1 aliphatic carbocycles. The Morgan fingerprint density at radius 1 is 1.37 bits per heavy atom. The Labute approximate surface area is 161 Å². The van der Waals surface area contributed by atoms with E-state index in [1.807, 2.05) is 24.0 Å². The van der Waals surface area contributed by atoms with E-state index in [0.717, 1.165) is 28.6 Å². The van der Waals surface area contributed by atoms with E-state index in [0.29, 0.717) is 30.3 Å². The van der Waals surface area contributed by atoms with E-state index >= 15 is 0 Å². The van der Waals surface area contributed by atoms with Crippen molar-refractivity contribution in [1.82, 2.24) is 15.2 Å². The van der Waals surface area contributed by atoms with E-state index in [1.165, 1.54) is 11.3 Å². The molecule has 1 aromatic heterocycles. The van der Waals surface area contributed by atoms with E-state index in [9.17, 15) is 9.59 Å². The number of ether oxygens (including phenoxy) is 1. The number of hydrogen-bond acceptors (Lipinski definition) is 6. The van der Waals surface area contributed by atoms with Gasteiger partial charge in [0.15, 0.2) is 5.13 Å². The number of hydrogen-bond donors (Lipinski definition) is 2. The van der Waals surface area contributed by atoms with Crippen molar-refractivity contribution in [2.24, 2.45) is 5.92 Å². The number of morpholine rings is 1. The van der Waals surface area contributed by atoms with Gasteiger partial charge < -0.3 is 20.7 Å². The van der Waals surface area contributed by atoms with Crippen LogP contribution in [0, 0.1) is 12.8 Å². The largest absolute Gasteiger partial charge is 0.375 e. The summed E-state index contributed by atoms with van der Waals surface area (Å²) in [6.07, 6.45) is 2.25. The van der Waals surface area contributed by atoms with Crippen LogP contribution in [0.3, 0.4) is 0 Å². The number of nitrogens with two attached hydrogens (primary N) is 1. The molecule has 27 heavy (non-hydrogen) atoms. The maximum atomic E-state index is 13.3. The quantitative estimate of drug-likeness (QED) is 0.819. The van der Waals surface area contributed by atoms with Crippen molar-refractivity contribution in [3.63, 3.8) is 0 Å². The summed E-state index contributed by atoms with van der Waals surface area (Å²) >= 11 is 1.39. The Balaban J connectivity index is 1.63. The van der Waals surface area contributed by atoms with E-state index in [-0.39, 0.29) is 29.9 Å². The summed E-state index contributed by atoms with van der Waals surface area (Å²) in [4.78, 5) is 31.7. The molecule has 2 aromatic rings. The van der Waals surface area contributed by atoms with Crippen LogP contribution in [0.15, 0.2) is 12.1 Å². The summed E-state index contributed by atoms with van der Waals surface area (Å²) in [6, 6.07) is 3.69. The van der Waals surface area contributed by atoms with E-state index in [1.54, 1.807) is 7.05 Å². The van der Waals surface area contributed by atoms with Crippen molar-refractivity contribution in [2.75, 3.05) is 25.9 Å². The number of carbonyl (C=O) groups excluding carboxylic acids is 2. The number of rotatable bonds is 2. The molecule has 2 heterocycles. The lowest BCUT2D eigenvalue weighted by Gasteiger charge is -2.45. The third-order valence-corrected chi connectivity index (χ3v) is 6.48. The smallest absolute Gasteiger partial charge is 0.254 e.